The van der Waals surface area contributed by atoms with Gasteiger partial charge in [0.25, 0.3) is 0 Å². The minimum absolute atomic E-state index is 0.00859. The molecule has 9 nitrogen and oxygen atoms in total. The van der Waals surface area contributed by atoms with Crippen molar-refractivity contribution in [1.29, 1.82) is 0 Å². The highest BCUT2D eigenvalue weighted by atomic mass is 32.2. The summed E-state index contributed by atoms with van der Waals surface area (Å²) < 4.78 is 59.0. The van der Waals surface area contributed by atoms with Crippen LogP contribution in [0.2, 0.25) is 0 Å². The van der Waals surface area contributed by atoms with Gasteiger partial charge in [-0.15, -0.1) is 11.8 Å². The summed E-state index contributed by atoms with van der Waals surface area (Å²) >= 11 is 1.59. The van der Waals surface area contributed by atoms with Gasteiger partial charge in [-0.25, -0.2) is 0 Å². The van der Waals surface area contributed by atoms with Gasteiger partial charge in [0.1, 0.15) is 25.0 Å². The Labute approximate surface area is 296 Å². The zero-order chi connectivity index (χ0) is 36.4. The van der Waals surface area contributed by atoms with Crippen molar-refractivity contribution in [3.63, 3.8) is 0 Å². The number of nitrogens with one attached hydrogen (secondary N) is 2. The van der Waals surface area contributed by atoms with Crippen LogP contribution in [0.15, 0.2) is 47.4 Å². The molecule has 1 aliphatic heterocycles. The van der Waals surface area contributed by atoms with Gasteiger partial charge in [-0.1, -0.05) is 39.7 Å². The number of nitrogens with zero attached hydrogens (tertiary/aromatic N) is 2. The van der Waals surface area contributed by atoms with Crippen LogP contribution in [0.25, 0.3) is 10.9 Å². The Morgan fingerprint density at radius 2 is 1.74 bits per heavy atom. The van der Waals surface area contributed by atoms with Crippen LogP contribution in [-0.4, -0.2) is 85.9 Å². The quantitative estimate of drug-likeness (QED) is 0.104. The Bertz CT molecular complexity index is 1670. The fraction of sp³-hybridized carbons (Fsp3) is 0.514. The number of esters is 2. The Balaban J connectivity index is 1.45. The van der Waals surface area contributed by atoms with E-state index in [9.17, 15) is 22.8 Å². The van der Waals surface area contributed by atoms with E-state index in [0.29, 0.717) is 36.3 Å². The molecule has 3 aromatic rings. The third-order valence-electron chi connectivity index (χ3n) is 8.32. The average Bonchev–Trinajstić information content (AvgIpc) is 3.42. The molecule has 0 spiro atoms. The first-order valence-corrected chi connectivity index (χ1v) is 18.0. The van der Waals surface area contributed by atoms with Gasteiger partial charge in [0, 0.05) is 41.6 Å². The lowest BCUT2D eigenvalue weighted by molar-refractivity contribution is -0.164. The van der Waals surface area contributed by atoms with Crippen LogP contribution in [-0.2, 0) is 25.6 Å². The van der Waals surface area contributed by atoms with Crippen molar-refractivity contribution in [2.24, 2.45) is 11.8 Å². The van der Waals surface area contributed by atoms with E-state index in [-0.39, 0.29) is 48.7 Å². The molecule has 13 heteroatoms. The summed E-state index contributed by atoms with van der Waals surface area (Å²) in [5.74, 6) is 5.31. The van der Waals surface area contributed by atoms with Crippen LogP contribution in [0.3, 0.4) is 0 Å². The SMILES string of the molecule is COc1cc(SC)ccc1NCC#Cc1cc2c(NC3CCN(CC(COC(=O)C(C)C)OC(=O)C(C)C)CC3)cccc2n1CC(F)(F)F. The highest BCUT2D eigenvalue weighted by molar-refractivity contribution is 7.98. The molecule has 2 aromatic carbocycles. The van der Waals surface area contributed by atoms with E-state index in [1.54, 1.807) is 64.8 Å². The number of hydrogen-bond acceptors (Lipinski definition) is 9. The molecule has 0 amide bonds. The number of aromatic nitrogens is 1. The van der Waals surface area contributed by atoms with E-state index in [0.717, 1.165) is 29.1 Å². The number of halogens is 3. The molecule has 2 N–H and O–H groups in total. The number of carbonyl (C=O) groups is 2. The lowest BCUT2D eigenvalue weighted by atomic mass is 10.0. The normalized spacial score (nSPS) is 14.7. The summed E-state index contributed by atoms with van der Waals surface area (Å²) in [5.41, 5.74) is 2.20. The van der Waals surface area contributed by atoms with E-state index in [1.807, 2.05) is 30.5 Å². The first-order chi connectivity index (χ1) is 23.8. The second-order valence-corrected chi connectivity index (χ2v) is 13.8. The van der Waals surface area contributed by atoms with Crippen LogP contribution in [0.1, 0.15) is 46.2 Å². The third kappa shape index (κ3) is 11.0. The molecule has 1 aliphatic rings. The molecular weight excluding hydrogens is 669 g/mol. The summed E-state index contributed by atoms with van der Waals surface area (Å²) in [7, 11) is 1.58. The average molecular weight is 717 g/mol. The van der Waals surface area contributed by atoms with Crippen molar-refractivity contribution < 1.29 is 37.0 Å². The maximum atomic E-state index is 13.7. The maximum Gasteiger partial charge on any atom is 0.406 e. The summed E-state index contributed by atoms with van der Waals surface area (Å²) in [6, 6.07) is 12.9. The number of carbonyl (C=O) groups excluding carboxylic acids is 2. The first-order valence-electron chi connectivity index (χ1n) is 16.8. The molecule has 2 heterocycles. The Hall–Kier alpha value is -4.02. The van der Waals surface area contributed by atoms with Crippen molar-refractivity contribution >= 4 is 46.0 Å². The van der Waals surface area contributed by atoms with Crippen molar-refractivity contribution in [1.82, 2.24) is 9.47 Å². The van der Waals surface area contributed by atoms with Gasteiger partial charge in [0.2, 0.25) is 0 Å². The molecule has 1 saturated heterocycles. The monoisotopic (exact) mass is 716 g/mol. The number of fused-ring (bicyclic) bond motifs is 1. The Morgan fingerprint density at radius 3 is 2.38 bits per heavy atom. The maximum absolute atomic E-state index is 13.7. The van der Waals surface area contributed by atoms with Crippen molar-refractivity contribution in [2.45, 2.75) is 70.3 Å². The molecule has 50 heavy (non-hydrogen) atoms. The molecule has 0 bridgehead atoms. The molecule has 272 valence electrons. The largest absolute Gasteiger partial charge is 0.495 e. The van der Waals surface area contributed by atoms with Gasteiger partial charge in [-0.05, 0) is 61.4 Å². The predicted molar refractivity (Wildman–Crippen MR) is 192 cm³/mol. The Kier molecular flexibility index (Phi) is 13.8. The van der Waals surface area contributed by atoms with Gasteiger partial charge in [-0.3, -0.25) is 14.5 Å². The minimum atomic E-state index is -4.43. The van der Waals surface area contributed by atoms with E-state index >= 15 is 0 Å². The second kappa shape index (κ2) is 17.8. The fourth-order valence-electron chi connectivity index (χ4n) is 5.62. The summed E-state index contributed by atoms with van der Waals surface area (Å²) in [6.45, 7) is 7.88. The van der Waals surface area contributed by atoms with E-state index in [2.05, 4.69) is 27.4 Å². The molecule has 1 aromatic heterocycles. The number of thioether (sulfide) groups is 1. The number of methoxy groups -OCH3 is 1. The lowest BCUT2D eigenvalue weighted by Crippen LogP contribution is -2.45. The van der Waals surface area contributed by atoms with Crippen LogP contribution in [0.4, 0.5) is 24.5 Å². The number of likely N-dealkylation sites (tertiary alicyclic amines) is 1. The predicted octanol–water partition coefficient (Wildman–Crippen LogP) is 7.04. The number of benzene rings is 2. The highest BCUT2D eigenvalue weighted by Gasteiger charge is 2.30. The van der Waals surface area contributed by atoms with E-state index in [1.165, 1.54) is 4.57 Å². The zero-order valence-electron chi connectivity index (χ0n) is 29.5. The van der Waals surface area contributed by atoms with E-state index in [4.69, 9.17) is 14.2 Å². The van der Waals surface area contributed by atoms with Crippen LogP contribution in [0, 0.1) is 23.7 Å². The van der Waals surface area contributed by atoms with Crippen LogP contribution in [0.5, 0.6) is 5.75 Å². The molecule has 1 fully saturated rings. The number of rotatable bonds is 14. The fourth-order valence-corrected chi connectivity index (χ4v) is 6.05. The van der Waals surface area contributed by atoms with Gasteiger partial charge < -0.3 is 29.4 Å². The zero-order valence-corrected chi connectivity index (χ0v) is 30.3. The smallest absolute Gasteiger partial charge is 0.406 e. The second-order valence-electron chi connectivity index (χ2n) is 12.9. The van der Waals surface area contributed by atoms with Crippen LogP contribution < -0.4 is 15.4 Å². The van der Waals surface area contributed by atoms with Crippen molar-refractivity contribution in [2.75, 3.05) is 56.8 Å². The first kappa shape index (κ1) is 38.8. The molecular formula is C37H47F3N4O5S. The number of hydrogen-bond donors (Lipinski definition) is 2. The summed E-state index contributed by atoms with van der Waals surface area (Å²) in [6.07, 6.45) is -1.53. The molecule has 1 unspecified atom stereocenters. The van der Waals surface area contributed by atoms with E-state index < -0.39 is 18.8 Å². The molecule has 0 aliphatic carbocycles. The Morgan fingerprint density at radius 1 is 1.02 bits per heavy atom. The van der Waals surface area contributed by atoms with Crippen LogP contribution >= 0.6 is 11.8 Å². The van der Waals surface area contributed by atoms with Gasteiger partial charge in [0.15, 0.2) is 0 Å². The standard InChI is InChI=1S/C37H47F3N4O5S/c1-24(2)35(45)48-22-28(49-36(46)25(3)4)21-43-17-14-26(15-18-43)42-31-10-7-11-33-30(31)19-27(44(33)23-37(38,39)40)9-8-16-41-32-13-12-29(50-6)20-34(32)47-5/h7,10-13,19-20,24-26,28,41-42H,14-18,21-23H2,1-6H3. The molecule has 0 radical (unpaired) electrons. The summed E-state index contributed by atoms with van der Waals surface area (Å²) in [4.78, 5) is 27.6. The molecule has 0 saturated carbocycles. The van der Waals surface area contributed by atoms with Crippen molar-refractivity contribution in [3.05, 3.63) is 48.2 Å². The topological polar surface area (TPSA) is 94.1 Å². The van der Waals surface area contributed by atoms with Gasteiger partial charge in [-0.2, -0.15) is 13.2 Å². The third-order valence-corrected chi connectivity index (χ3v) is 9.05. The lowest BCUT2D eigenvalue weighted by Gasteiger charge is -2.35. The van der Waals surface area contributed by atoms with Gasteiger partial charge >= 0.3 is 18.1 Å². The summed E-state index contributed by atoms with van der Waals surface area (Å²) in [5, 5.41) is 7.42. The molecule has 4 rings (SSSR count). The number of piperidine rings is 1. The molecule has 1 atom stereocenters. The van der Waals surface area contributed by atoms with Gasteiger partial charge in [0.05, 0.1) is 42.4 Å². The number of ether oxygens (including phenoxy) is 3. The highest BCUT2D eigenvalue weighted by Crippen LogP contribution is 2.32. The number of alkyl halides is 3. The minimum Gasteiger partial charge on any atom is -0.495 e. The van der Waals surface area contributed by atoms with Crippen molar-refractivity contribution in [3.8, 4) is 17.6 Å². The number of anilines is 2.